The second-order valence-electron chi connectivity index (χ2n) is 6.65. The maximum atomic E-state index is 6.18. The molecular weight excluding hydrogens is 403 g/mol. The fourth-order valence-electron chi connectivity index (χ4n) is 2.93. The minimum Gasteiger partial charge on any atom is -1.00 e. The van der Waals surface area contributed by atoms with Crippen LogP contribution in [0, 0.1) is 0 Å². The third kappa shape index (κ3) is 9.93. The SMILES string of the molecule is [Cl-].[Cl-].[H+].[H+].c1ccc(CNCC(CNCc2ccccc2)OCc2ccccc2)cc1. The van der Waals surface area contributed by atoms with Crippen LogP contribution < -0.4 is 35.4 Å². The van der Waals surface area contributed by atoms with Gasteiger partial charge in [-0.2, -0.15) is 0 Å². The van der Waals surface area contributed by atoms with E-state index in [-0.39, 0.29) is 33.8 Å². The van der Waals surface area contributed by atoms with E-state index in [0.717, 1.165) is 26.2 Å². The molecule has 0 atom stereocenters. The maximum absolute atomic E-state index is 6.18. The molecule has 0 amide bonds. The first kappa shape index (κ1) is 25.2. The van der Waals surface area contributed by atoms with Crippen LogP contribution in [0.3, 0.4) is 0 Å². The average molecular weight is 433 g/mol. The molecule has 0 aliphatic rings. The Morgan fingerprint density at radius 2 is 0.966 bits per heavy atom. The van der Waals surface area contributed by atoms with E-state index in [1.54, 1.807) is 0 Å². The molecule has 0 heterocycles. The molecule has 156 valence electrons. The zero-order chi connectivity index (χ0) is 18.6. The first-order valence-electron chi connectivity index (χ1n) is 9.55. The van der Waals surface area contributed by atoms with Crippen LogP contribution in [0.4, 0.5) is 0 Å². The summed E-state index contributed by atoms with van der Waals surface area (Å²) in [6.45, 7) is 3.95. The van der Waals surface area contributed by atoms with Gasteiger partial charge in [0.2, 0.25) is 0 Å². The number of hydrogen-bond donors (Lipinski definition) is 2. The smallest absolute Gasteiger partial charge is 1.00 e. The Morgan fingerprint density at radius 1 is 0.586 bits per heavy atom. The normalized spacial score (nSPS) is 10.2. The standard InChI is InChI=1S/C24H28N2O.2ClH/c1-4-10-21(11-5-1)16-25-18-24(27-20-23-14-8-3-9-15-23)19-26-17-22-12-6-2-7-13-22;;/h1-15,24-26H,16-20H2;2*1H. The molecule has 0 aliphatic carbocycles. The molecule has 3 aromatic rings. The molecule has 3 aromatic carbocycles. The highest BCUT2D eigenvalue weighted by Crippen LogP contribution is 2.04. The molecule has 0 radical (unpaired) electrons. The molecular formula is C24H30Cl2N2O. The van der Waals surface area contributed by atoms with Crippen molar-refractivity contribution in [1.29, 1.82) is 0 Å². The Bertz CT molecular complexity index is 723. The number of halogens is 2. The van der Waals surface area contributed by atoms with Crippen molar-refractivity contribution in [1.82, 2.24) is 10.6 Å². The lowest BCUT2D eigenvalue weighted by Crippen LogP contribution is -3.00. The summed E-state index contributed by atoms with van der Waals surface area (Å²) in [6.07, 6.45) is 0.109. The largest absolute Gasteiger partial charge is 1.00 e. The Morgan fingerprint density at radius 3 is 1.38 bits per heavy atom. The van der Waals surface area contributed by atoms with Crippen molar-refractivity contribution in [3.8, 4) is 0 Å². The van der Waals surface area contributed by atoms with Gasteiger partial charge in [-0.15, -0.1) is 0 Å². The molecule has 3 rings (SSSR count). The van der Waals surface area contributed by atoms with Gasteiger partial charge >= 0.3 is 2.85 Å². The predicted octanol–water partition coefficient (Wildman–Crippen LogP) is -1.62. The van der Waals surface area contributed by atoms with Crippen LogP contribution in [0.5, 0.6) is 0 Å². The first-order valence-corrected chi connectivity index (χ1v) is 9.55. The maximum Gasteiger partial charge on any atom is 1.00 e. The second kappa shape index (κ2) is 15.0. The van der Waals surface area contributed by atoms with E-state index in [9.17, 15) is 0 Å². The van der Waals surface area contributed by atoms with Gasteiger partial charge in [-0.25, -0.2) is 0 Å². The lowest BCUT2D eigenvalue weighted by atomic mass is 10.2. The van der Waals surface area contributed by atoms with E-state index in [0.29, 0.717) is 6.61 Å². The van der Waals surface area contributed by atoms with E-state index in [2.05, 4.69) is 83.4 Å². The Labute approximate surface area is 189 Å². The van der Waals surface area contributed by atoms with Crippen LogP contribution in [0.15, 0.2) is 91.0 Å². The van der Waals surface area contributed by atoms with Crippen molar-refractivity contribution in [3.05, 3.63) is 108 Å². The van der Waals surface area contributed by atoms with Crippen LogP contribution in [-0.4, -0.2) is 19.2 Å². The summed E-state index contributed by atoms with van der Waals surface area (Å²) in [4.78, 5) is 0. The third-order valence-electron chi connectivity index (χ3n) is 4.42. The van der Waals surface area contributed by atoms with Gasteiger partial charge in [-0.05, 0) is 16.7 Å². The molecule has 0 fully saturated rings. The van der Waals surface area contributed by atoms with Gasteiger partial charge in [-0.3, -0.25) is 0 Å². The summed E-state index contributed by atoms with van der Waals surface area (Å²) in [5.41, 5.74) is 3.78. The Hall–Kier alpha value is -1.88. The summed E-state index contributed by atoms with van der Waals surface area (Å²) in [5.74, 6) is 0. The fraction of sp³-hybridized carbons (Fsp3) is 0.250. The van der Waals surface area contributed by atoms with Crippen LogP contribution >= 0.6 is 0 Å². The predicted molar refractivity (Wildman–Crippen MR) is 114 cm³/mol. The van der Waals surface area contributed by atoms with Crippen molar-refractivity contribution in [2.75, 3.05) is 13.1 Å². The fourth-order valence-corrected chi connectivity index (χ4v) is 2.93. The highest BCUT2D eigenvalue weighted by Gasteiger charge is 2.09. The lowest BCUT2D eigenvalue weighted by Gasteiger charge is -2.20. The molecule has 0 aliphatic heterocycles. The van der Waals surface area contributed by atoms with E-state index in [1.165, 1.54) is 16.7 Å². The van der Waals surface area contributed by atoms with Gasteiger partial charge in [0.25, 0.3) is 0 Å². The van der Waals surface area contributed by atoms with Crippen LogP contribution in [0.1, 0.15) is 19.5 Å². The third-order valence-corrected chi connectivity index (χ3v) is 4.42. The van der Waals surface area contributed by atoms with E-state index < -0.39 is 0 Å². The van der Waals surface area contributed by atoms with E-state index in [1.807, 2.05) is 18.2 Å². The number of ether oxygens (including phenoxy) is 1. The summed E-state index contributed by atoms with van der Waals surface area (Å²) >= 11 is 0. The van der Waals surface area contributed by atoms with Crippen LogP contribution in [-0.2, 0) is 24.4 Å². The second-order valence-corrected chi connectivity index (χ2v) is 6.65. The van der Waals surface area contributed by atoms with Crippen LogP contribution in [0.2, 0.25) is 0 Å². The highest BCUT2D eigenvalue weighted by molar-refractivity contribution is 5.15. The van der Waals surface area contributed by atoms with Crippen molar-refractivity contribution >= 4 is 0 Å². The molecule has 2 N–H and O–H groups in total. The zero-order valence-electron chi connectivity index (χ0n) is 18.4. The van der Waals surface area contributed by atoms with Crippen LogP contribution in [0.25, 0.3) is 0 Å². The topological polar surface area (TPSA) is 33.3 Å². The molecule has 29 heavy (non-hydrogen) atoms. The van der Waals surface area contributed by atoms with Crippen molar-refractivity contribution in [2.24, 2.45) is 0 Å². The minimum absolute atomic E-state index is 0. The monoisotopic (exact) mass is 432 g/mol. The highest BCUT2D eigenvalue weighted by atomic mass is 35.5. The van der Waals surface area contributed by atoms with Crippen molar-refractivity contribution in [2.45, 2.75) is 25.8 Å². The molecule has 0 bridgehead atoms. The van der Waals surface area contributed by atoms with Gasteiger partial charge in [0.15, 0.2) is 0 Å². The minimum atomic E-state index is 0. The average Bonchev–Trinajstić information content (AvgIpc) is 2.74. The Balaban J connectivity index is 0. The summed E-state index contributed by atoms with van der Waals surface area (Å²) < 4.78 is 6.18. The van der Waals surface area contributed by atoms with Gasteiger partial charge in [0, 0.05) is 26.2 Å². The van der Waals surface area contributed by atoms with Gasteiger partial charge in [0.1, 0.15) is 0 Å². The van der Waals surface area contributed by atoms with Gasteiger partial charge < -0.3 is 40.2 Å². The molecule has 0 unspecified atom stereocenters. The Kier molecular flexibility index (Phi) is 13.0. The molecule has 0 saturated heterocycles. The number of rotatable bonds is 11. The van der Waals surface area contributed by atoms with E-state index in [4.69, 9.17) is 4.74 Å². The van der Waals surface area contributed by atoms with Gasteiger partial charge in [0.05, 0.1) is 12.7 Å². The van der Waals surface area contributed by atoms with E-state index >= 15 is 0 Å². The van der Waals surface area contributed by atoms with Gasteiger partial charge in [-0.1, -0.05) is 91.0 Å². The zero-order valence-corrected chi connectivity index (χ0v) is 17.9. The van der Waals surface area contributed by atoms with Crippen molar-refractivity contribution in [3.63, 3.8) is 0 Å². The molecule has 0 aromatic heterocycles. The summed E-state index contributed by atoms with van der Waals surface area (Å²) in [7, 11) is 0. The van der Waals surface area contributed by atoms with Crippen molar-refractivity contribution < 1.29 is 32.4 Å². The summed E-state index contributed by atoms with van der Waals surface area (Å²) in [6, 6.07) is 31.3. The summed E-state index contributed by atoms with van der Waals surface area (Å²) in [5, 5.41) is 7.04. The number of nitrogens with one attached hydrogen (secondary N) is 2. The quantitative estimate of drug-likeness (QED) is 0.382. The number of hydrogen-bond acceptors (Lipinski definition) is 3. The number of benzene rings is 3. The lowest BCUT2D eigenvalue weighted by molar-refractivity contribution is -0.00100. The molecule has 5 heteroatoms. The first-order chi connectivity index (χ1) is 13.4. The molecule has 0 saturated carbocycles. The molecule has 3 nitrogen and oxygen atoms in total. The molecule has 0 spiro atoms.